The third-order valence-corrected chi connectivity index (χ3v) is 2.49. The Labute approximate surface area is 111 Å². The van der Waals surface area contributed by atoms with Crippen LogP contribution in [0.2, 0.25) is 5.02 Å². The van der Waals surface area contributed by atoms with Crippen LogP contribution < -0.4 is 10.5 Å². The van der Waals surface area contributed by atoms with Gasteiger partial charge in [-0.3, -0.25) is 10.1 Å². The van der Waals surface area contributed by atoms with Crippen LogP contribution in [0.3, 0.4) is 0 Å². The topological polar surface area (TPSA) is 91.3 Å². The number of aromatic nitrogens is 1. The summed E-state index contributed by atoms with van der Waals surface area (Å²) in [7, 11) is 0. The quantitative estimate of drug-likeness (QED) is 0.690. The van der Waals surface area contributed by atoms with E-state index in [1.807, 2.05) is 0 Å². The monoisotopic (exact) mass is 283 g/mol. The van der Waals surface area contributed by atoms with E-state index in [0.717, 1.165) is 12.1 Å². The third-order valence-electron chi connectivity index (χ3n) is 2.19. The van der Waals surface area contributed by atoms with Gasteiger partial charge in [0.1, 0.15) is 11.6 Å². The Hall–Kier alpha value is -2.41. The molecular weight excluding hydrogens is 277 g/mol. The maximum atomic E-state index is 13.2. The number of ether oxygens (including phenoxy) is 1. The van der Waals surface area contributed by atoms with Crippen LogP contribution in [0.5, 0.6) is 11.6 Å². The molecule has 0 aliphatic heterocycles. The van der Waals surface area contributed by atoms with Gasteiger partial charge in [-0.15, -0.1) is 0 Å². The molecule has 1 aromatic heterocycles. The van der Waals surface area contributed by atoms with Gasteiger partial charge in [0.25, 0.3) is 0 Å². The van der Waals surface area contributed by atoms with E-state index in [9.17, 15) is 14.5 Å². The van der Waals surface area contributed by atoms with Gasteiger partial charge < -0.3 is 10.5 Å². The SMILES string of the molecule is Nc1nc(Oc2ccc(Cl)c(F)c2)ccc1[N+](=O)[O-]. The van der Waals surface area contributed by atoms with E-state index in [1.54, 1.807) is 0 Å². The molecule has 2 aromatic rings. The fraction of sp³-hybridized carbons (Fsp3) is 0. The van der Waals surface area contributed by atoms with Crippen molar-refractivity contribution in [1.29, 1.82) is 0 Å². The first-order valence-corrected chi connectivity index (χ1v) is 5.39. The van der Waals surface area contributed by atoms with Crippen molar-refractivity contribution in [2.75, 3.05) is 5.73 Å². The number of nitro groups is 1. The van der Waals surface area contributed by atoms with E-state index >= 15 is 0 Å². The molecule has 19 heavy (non-hydrogen) atoms. The van der Waals surface area contributed by atoms with Gasteiger partial charge in [-0.1, -0.05) is 11.6 Å². The first-order chi connectivity index (χ1) is 8.97. The van der Waals surface area contributed by atoms with Gasteiger partial charge in [-0.2, -0.15) is 4.98 Å². The minimum atomic E-state index is -0.659. The number of nitrogens with two attached hydrogens (primary N) is 1. The van der Waals surface area contributed by atoms with Gasteiger partial charge in [-0.25, -0.2) is 4.39 Å². The summed E-state index contributed by atoms with van der Waals surface area (Å²) in [5.74, 6) is -0.751. The summed E-state index contributed by atoms with van der Waals surface area (Å²) in [5, 5.41) is 10.5. The highest BCUT2D eigenvalue weighted by atomic mass is 35.5. The molecular formula is C11H7ClFN3O3. The number of nitrogens with zero attached hydrogens (tertiary/aromatic N) is 2. The first-order valence-electron chi connectivity index (χ1n) is 5.01. The second-order valence-electron chi connectivity index (χ2n) is 3.49. The number of anilines is 1. The zero-order valence-electron chi connectivity index (χ0n) is 9.34. The Morgan fingerprint density at radius 3 is 2.68 bits per heavy atom. The molecule has 0 saturated heterocycles. The molecule has 0 atom stereocenters. The normalized spacial score (nSPS) is 10.2. The summed E-state index contributed by atoms with van der Waals surface area (Å²) in [5.41, 5.74) is 5.08. The molecule has 98 valence electrons. The van der Waals surface area contributed by atoms with Gasteiger partial charge in [0.15, 0.2) is 0 Å². The second-order valence-corrected chi connectivity index (χ2v) is 3.90. The number of benzene rings is 1. The van der Waals surface area contributed by atoms with Gasteiger partial charge in [0.2, 0.25) is 11.7 Å². The molecule has 0 aliphatic rings. The van der Waals surface area contributed by atoms with Crippen molar-refractivity contribution in [2.24, 2.45) is 0 Å². The average molecular weight is 284 g/mol. The fourth-order valence-electron chi connectivity index (χ4n) is 1.32. The summed E-state index contributed by atoms with van der Waals surface area (Å²) in [6, 6.07) is 6.25. The minimum absolute atomic E-state index is 0.0184. The number of nitrogen functional groups attached to an aromatic ring is 1. The Bertz CT molecular complexity index is 651. The molecule has 0 unspecified atom stereocenters. The number of halogens is 2. The van der Waals surface area contributed by atoms with Crippen LogP contribution in [-0.2, 0) is 0 Å². The molecule has 0 bridgehead atoms. The molecule has 0 radical (unpaired) electrons. The Morgan fingerprint density at radius 1 is 1.37 bits per heavy atom. The van der Waals surface area contributed by atoms with Crippen LogP contribution >= 0.6 is 11.6 Å². The van der Waals surface area contributed by atoms with Crippen molar-refractivity contribution in [1.82, 2.24) is 4.98 Å². The molecule has 2 rings (SSSR count). The predicted molar refractivity (Wildman–Crippen MR) is 66.8 cm³/mol. The van der Waals surface area contributed by atoms with Crippen LogP contribution in [0.15, 0.2) is 30.3 Å². The minimum Gasteiger partial charge on any atom is -0.439 e. The van der Waals surface area contributed by atoms with E-state index in [-0.39, 0.29) is 28.2 Å². The van der Waals surface area contributed by atoms with Gasteiger partial charge >= 0.3 is 5.69 Å². The Kier molecular flexibility index (Phi) is 3.48. The van der Waals surface area contributed by atoms with E-state index in [0.29, 0.717) is 0 Å². The van der Waals surface area contributed by atoms with Crippen LogP contribution in [0.4, 0.5) is 15.9 Å². The molecule has 8 heteroatoms. The predicted octanol–water partition coefficient (Wildman–Crippen LogP) is 3.16. The number of pyridine rings is 1. The van der Waals surface area contributed by atoms with Crippen LogP contribution in [-0.4, -0.2) is 9.91 Å². The van der Waals surface area contributed by atoms with Gasteiger partial charge in [0, 0.05) is 18.2 Å². The van der Waals surface area contributed by atoms with Gasteiger partial charge in [0.05, 0.1) is 9.95 Å². The maximum absolute atomic E-state index is 13.2. The number of rotatable bonds is 3. The summed E-state index contributed by atoms with van der Waals surface area (Å²) < 4.78 is 18.4. The van der Waals surface area contributed by atoms with Crippen molar-refractivity contribution in [3.8, 4) is 11.6 Å². The van der Waals surface area contributed by atoms with Crippen molar-refractivity contribution in [3.05, 3.63) is 51.3 Å². The highest BCUT2D eigenvalue weighted by molar-refractivity contribution is 6.30. The smallest absolute Gasteiger partial charge is 0.311 e. The summed E-state index contributed by atoms with van der Waals surface area (Å²) in [6.07, 6.45) is 0. The zero-order chi connectivity index (χ0) is 14.0. The lowest BCUT2D eigenvalue weighted by atomic mass is 10.3. The molecule has 0 fully saturated rings. The number of hydrogen-bond acceptors (Lipinski definition) is 5. The molecule has 6 nitrogen and oxygen atoms in total. The second kappa shape index (κ2) is 5.07. The standard InChI is InChI=1S/C11H7ClFN3O3/c12-7-2-1-6(5-8(7)13)19-10-4-3-9(16(17)18)11(14)15-10/h1-5H,(H2,14,15). The Morgan fingerprint density at radius 2 is 2.11 bits per heavy atom. The van der Waals surface area contributed by atoms with Crippen molar-refractivity contribution in [3.63, 3.8) is 0 Å². The van der Waals surface area contributed by atoms with Gasteiger partial charge in [-0.05, 0) is 12.1 Å². The van der Waals surface area contributed by atoms with Crippen molar-refractivity contribution < 1.29 is 14.1 Å². The Balaban J connectivity index is 2.26. The summed E-state index contributed by atoms with van der Waals surface area (Å²) >= 11 is 5.52. The molecule has 0 amide bonds. The summed E-state index contributed by atoms with van der Waals surface area (Å²) in [4.78, 5) is 13.6. The first kappa shape index (κ1) is 13.0. The lowest BCUT2D eigenvalue weighted by Gasteiger charge is -2.05. The maximum Gasteiger partial charge on any atom is 0.311 e. The van der Waals surface area contributed by atoms with Crippen molar-refractivity contribution in [2.45, 2.75) is 0 Å². The van der Waals surface area contributed by atoms with E-state index < -0.39 is 10.7 Å². The van der Waals surface area contributed by atoms with Crippen LogP contribution in [0.25, 0.3) is 0 Å². The zero-order valence-corrected chi connectivity index (χ0v) is 10.1. The fourth-order valence-corrected chi connectivity index (χ4v) is 1.44. The van der Waals surface area contributed by atoms with Crippen LogP contribution in [0.1, 0.15) is 0 Å². The molecule has 1 heterocycles. The highest BCUT2D eigenvalue weighted by Crippen LogP contribution is 2.27. The summed E-state index contributed by atoms with van der Waals surface area (Å²) in [6.45, 7) is 0. The lowest BCUT2D eigenvalue weighted by molar-refractivity contribution is -0.384. The van der Waals surface area contributed by atoms with E-state index in [4.69, 9.17) is 22.1 Å². The van der Waals surface area contributed by atoms with E-state index in [2.05, 4.69) is 4.98 Å². The molecule has 2 N–H and O–H groups in total. The highest BCUT2D eigenvalue weighted by Gasteiger charge is 2.14. The average Bonchev–Trinajstić information content (AvgIpc) is 2.33. The lowest BCUT2D eigenvalue weighted by Crippen LogP contribution is -1.99. The molecule has 0 spiro atoms. The van der Waals surface area contributed by atoms with E-state index in [1.165, 1.54) is 18.2 Å². The molecule has 0 aliphatic carbocycles. The van der Waals surface area contributed by atoms with Crippen molar-refractivity contribution >= 4 is 23.1 Å². The largest absolute Gasteiger partial charge is 0.439 e. The number of hydrogen-bond donors (Lipinski definition) is 1. The third kappa shape index (κ3) is 2.89. The molecule has 0 saturated carbocycles. The van der Waals surface area contributed by atoms with Crippen LogP contribution in [0, 0.1) is 15.9 Å². The molecule has 1 aromatic carbocycles.